The largest absolute Gasteiger partial charge is 0.507 e. The van der Waals surface area contributed by atoms with Crippen molar-refractivity contribution in [3.05, 3.63) is 65.2 Å². The molecule has 0 bridgehead atoms. The van der Waals surface area contributed by atoms with Crippen molar-refractivity contribution in [2.75, 3.05) is 38.3 Å². The maximum absolute atomic E-state index is 14.1. The third kappa shape index (κ3) is 3.78. The van der Waals surface area contributed by atoms with Gasteiger partial charge in [-0.25, -0.2) is 0 Å². The number of carbonyl (C=O) groups is 3. The maximum Gasteiger partial charge on any atom is 0.296 e. The molecule has 2 aromatic carbocycles. The van der Waals surface area contributed by atoms with E-state index in [1.54, 1.807) is 47.4 Å². The molecule has 4 rings (SSSR count). The number of rotatable bonds is 9. The molecule has 1 atom stereocenters. The van der Waals surface area contributed by atoms with Crippen LogP contribution in [0.2, 0.25) is 0 Å². The molecule has 1 N–H and O–H groups in total. The highest BCUT2D eigenvalue weighted by Crippen LogP contribution is 2.53. The van der Waals surface area contributed by atoms with E-state index in [9.17, 15) is 19.5 Å². The zero-order valence-electron chi connectivity index (χ0n) is 20.2. The molecule has 2 amide bonds. The minimum absolute atomic E-state index is 0.0156. The van der Waals surface area contributed by atoms with Crippen molar-refractivity contribution in [1.82, 2.24) is 4.90 Å². The highest BCUT2D eigenvalue weighted by atomic mass is 16.5. The number of hydrogen-bond acceptors (Lipinski definition) is 6. The van der Waals surface area contributed by atoms with Gasteiger partial charge in [0.2, 0.25) is 0 Å². The zero-order valence-corrected chi connectivity index (χ0v) is 20.2. The van der Waals surface area contributed by atoms with E-state index in [2.05, 4.69) is 0 Å². The molecule has 0 aliphatic carbocycles. The number of aliphatic hydroxyl groups excluding tert-OH is 1. The Kier molecular flexibility index (Phi) is 6.93. The van der Waals surface area contributed by atoms with Crippen molar-refractivity contribution < 1.29 is 29.0 Å². The molecule has 0 saturated carbocycles. The van der Waals surface area contributed by atoms with Gasteiger partial charge in [0, 0.05) is 31.3 Å². The average Bonchev–Trinajstić information content (AvgIpc) is 3.25. The maximum atomic E-state index is 14.1. The van der Waals surface area contributed by atoms with Crippen molar-refractivity contribution in [2.45, 2.75) is 32.2 Å². The summed E-state index contributed by atoms with van der Waals surface area (Å²) in [5.74, 6) is -1.94. The number of hydrogen-bond donors (Lipinski definition) is 1. The molecule has 2 aliphatic rings. The number of anilines is 1. The van der Waals surface area contributed by atoms with Crippen molar-refractivity contribution in [3.8, 4) is 5.75 Å². The lowest BCUT2D eigenvalue weighted by Crippen LogP contribution is -2.52. The van der Waals surface area contributed by atoms with Crippen LogP contribution in [0.25, 0.3) is 5.76 Å². The quantitative estimate of drug-likeness (QED) is 0.337. The monoisotopic (exact) mass is 478 g/mol. The van der Waals surface area contributed by atoms with Crippen LogP contribution in [0.4, 0.5) is 5.69 Å². The lowest BCUT2D eigenvalue weighted by atomic mass is 9.82. The van der Waals surface area contributed by atoms with E-state index in [4.69, 9.17) is 9.47 Å². The summed E-state index contributed by atoms with van der Waals surface area (Å²) in [6.07, 6.45) is 1.53. The van der Waals surface area contributed by atoms with Crippen molar-refractivity contribution in [2.24, 2.45) is 0 Å². The molecule has 35 heavy (non-hydrogen) atoms. The summed E-state index contributed by atoms with van der Waals surface area (Å²) >= 11 is 0. The summed E-state index contributed by atoms with van der Waals surface area (Å²) in [5.41, 5.74) is -0.551. The third-order valence-corrected chi connectivity index (χ3v) is 6.38. The lowest BCUT2D eigenvalue weighted by molar-refractivity contribution is -0.144. The average molecular weight is 479 g/mol. The molecular weight excluding hydrogens is 448 g/mol. The third-order valence-electron chi connectivity index (χ3n) is 6.38. The topological polar surface area (TPSA) is 96.4 Å². The number of carbonyl (C=O) groups excluding carboxylic acids is 3. The van der Waals surface area contributed by atoms with Crippen LogP contribution < -0.4 is 9.64 Å². The smallest absolute Gasteiger partial charge is 0.296 e. The number of ether oxygens (including phenoxy) is 2. The van der Waals surface area contributed by atoms with E-state index < -0.39 is 28.9 Å². The van der Waals surface area contributed by atoms with Gasteiger partial charge in [-0.15, -0.1) is 0 Å². The molecule has 0 radical (unpaired) electrons. The fraction of sp³-hybridized carbons (Fsp3) is 0.370. The number of methoxy groups -OCH3 is 1. The Labute approximate surface area is 204 Å². The predicted molar refractivity (Wildman–Crippen MR) is 131 cm³/mol. The van der Waals surface area contributed by atoms with E-state index in [0.717, 1.165) is 6.42 Å². The highest BCUT2D eigenvalue weighted by Gasteiger charge is 2.66. The summed E-state index contributed by atoms with van der Waals surface area (Å²) in [4.78, 5) is 43.7. The van der Waals surface area contributed by atoms with E-state index in [1.807, 2.05) is 19.9 Å². The van der Waals surface area contributed by atoms with Crippen LogP contribution >= 0.6 is 0 Å². The number of amides is 2. The first-order valence-corrected chi connectivity index (χ1v) is 11.9. The number of aliphatic hydroxyl groups is 1. The molecule has 8 nitrogen and oxygen atoms in total. The minimum atomic E-state index is -1.76. The summed E-state index contributed by atoms with van der Waals surface area (Å²) < 4.78 is 10.8. The Morgan fingerprint density at radius 2 is 1.66 bits per heavy atom. The number of Topliss-reactive ketones (excluding diaryl/α,β-unsaturated/α-hetero) is 1. The van der Waals surface area contributed by atoms with E-state index in [-0.39, 0.29) is 18.7 Å². The molecule has 1 spiro atoms. The van der Waals surface area contributed by atoms with Crippen LogP contribution in [0.5, 0.6) is 5.75 Å². The van der Waals surface area contributed by atoms with Gasteiger partial charge in [-0.3, -0.25) is 14.4 Å². The van der Waals surface area contributed by atoms with E-state index in [0.29, 0.717) is 42.1 Å². The second-order valence-electron chi connectivity index (χ2n) is 8.56. The fourth-order valence-electron chi connectivity index (χ4n) is 4.87. The SMILES string of the molecule is CCCOc1ccc(C(O)=C2C(=O)C(=O)N(CCOC)C23C(=O)N(CCC)c2ccccc23)cc1. The summed E-state index contributed by atoms with van der Waals surface area (Å²) in [6.45, 7) is 5.06. The van der Waals surface area contributed by atoms with Crippen molar-refractivity contribution in [3.63, 3.8) is 0 Å². The number of benzene rings is 2. The molecule has 8 heteroatoms. The van der Waals surface area contributed by atoms with Gasteiger partial charge in [-0.05, 0) is 43.2 Å². The number of likely N-dealkylation sites (tertiary alicyclic amines) is 1. The second-order valence-corrected chi connectivity index (χ2v) is 8.56. The first-order chi connectivity index (χ1) is 16.9. The van der Waals surface area contributed by atoms with Crippen LogP contribution in [0.15, 0.2) is 54.1 Å². The molecule has 2 aliphatic heterocycles. The fourth-order valence-corrected chi connectivity index (χ4v) is 4.87. The predicted octanol–water partition coefficient (Wildman–Crippen LogP) is 3.45. The Balaban J connectivity index is 1.95. The summed E-state index contributed by atoms with van der Waals surface area (Å²) in [7, 11) is 1.49. The van der Waals surface area contributed by atoms with Crippen LogP contribution in [-0.4, -0.2) is 61.0 Å². The molecule has 2 heterocycles. The van der Waals surface area contributed by atoms with Gasteiger partial charge < -0.3 is 24.4 Å². The molecule has 2 aromatic rings. The minimum Gasteiger partial charge on any atom is -0.507 e. The Bertz CT molecular complexity index is 1170. The van der Waals surface area contributed by atoms with E-state index in [1.165, 1.54) is 12.0 Å². The highest BCUT2D eigenvalue weighted by molar-refractivity contribution is 6.50. The van der Waals surface area contributed by atoms with E-state index >= 15 is 0 Å². The molecule has 0 aromatic heterocycles. The molecule has 184 valence electrons. The Morgan fingerprint density at radius 3 is 2.31 bits per heavy atom. The number of ketones is 1. The first kappa shape index (κ1) is 24.5. The van der Waals surface area contributed by atoms with Crippen molar-refractivity contribution in [1.29, 1.82) is 0 Å². The van der Waals surface area contributed by atoms with Gasteiger partial charge in [0.1, 0.15) is 11.5 Å². The summed E-state index contributed by atoms with van der Waals surface area (Å²) in [6, 6.07) is 13.7. The number of fused-ring (bicyclic) bond motifs is 2. The van der Waals surface area contributed by atoms with Gasteiger partial charge in [0.15, 0.2) is 5.54 Å². The van der Waals surface area contributed by atoms with Crippen LogP contribution in [0, 0.1) is 0 Å². The molecule has 1 fully saturated rings. The Hall–Kier alpha value is -3.65. The van der Waals surface area contributed by atoms with Gasteiger partial charge in [0.05, 0.1) is 24.5 Å². The molecular formula is C27H30N2O6. The van der Waals surface area contributed by atoms with Gasteiger partial charge in [-0.2, -0.15) is 0 Å². The van der Waals surface area contributed by atoms with Crippen molar-refractivity contribution >= 4 is 29.0 Å². The standard InChI is InChI=1S/C27H30N2O6/c1-4-14-28-21-9-7-6-8-20(21)27(26(28)33)22(24(31)25(32)29(27)15-17-34-3)23(30)18-10-12-19(13-11-18)35-16-5-2/h6-13,30H,4-5,14-17H2,1-3H3. The first-order valence-electron chi connectivity index (χ1n) is 11.9. The second kappa shape index (κ2) is 9.92. The zero-order chi connectivity index (χ0) is 25.2. The normalized spacial score (nSPS) is 20.7. The Morgan fingerprint density at radius 1 is 0.943 bits per heavy atom. The molecule has 1 unspecified atom stereocenters. The van der Waals surface area contributed by atoms with Crippen LogP contribution in [0.1, 0.15) is 37.8 Å². The molecule has 1 saturated heterocycles. The van der Waals surface area contributed by atoms with Gasteiger partial charge in [0.25, 0.3) is 17.6 Å². The van der Waals surface area contributed by atoms with Crippen LogP contribution in [0.3, 0.4) is 0 Å². The lowest BCUT2D eigenvalue weighted by Gasteiger charge is -2.34. The number of para-hydroxylation sites is 1. The number of nitrogens with zero attached hydrogens (tertiary/aromatic N) is 2. The van der Waals surface area contributed by atoms with Gasteiger partial charge in [-0.1, -0.05) is 32.0 Å². The van der Waals surface area contributed by atoms with Gasteiger partial charge >= 0.3 is 0 Å². The van der Waals surface area contributed by atoms with Crippen LogP contribution in [-0.2, 0) is 24.7 Å². The summed E-state index contributed by atoms with van der Waals surface area (Å²) in [5, 5.41) is 11.4.